The predicted molar refractivity (Wildman–Crippen MR) is 47.0 cm³/mol. The summed E-state index contributed by atoms with van der Waals surface area (Å²) < 4.78 is 9.64. The molecule has 2 radical (unpaired) electrons. The van der Waals surface area contributed by atoms with Gasteiger partial charge in [-0.25, -0.2) is 4.98 Å². The Bertz CT molecular complexity index is 308. The van der Waals surface area contributed by atoms with Crippen LogP contribution in [-0.4, -0.2) is 25.9 Å². The molecule has 0 bridgehead atoms. The minimum absolute atomic E-state index is 0.259. The van der Waals surface area contributed by atoms with Gasteiger partial charge in [-0.2, -0.15) is 0 Å². The second kappa shape index (κ2) is 4.12. The molecule has 0 spiro atoms. The Morgan fingerprint density at radius 3 is 2.85 bits per heavy atom. The number of carbonyl (C=O) groups excluding carboxylic acids is 1. The Labute approximate surface area is 77.7 Å². The van der Waals surface area contributed by atoms with Crippen LogP contribution >= 0.6 is 0 Å². The van der Waals surface area contributed by atoms with Crippen molar-refractivity contribution in [2.24, 2.45) is 0 Å². The monoisotopic (exact) mass is 179 g/mol. The van der Waals surface area contributed by atoms with E-state index >= 15 is 0 Å². The summed E-state index contributed by atoms with van der Waals surface area (Å²) in [5.41, 5.74) is 0.349. The van der Waals surface area contributed by atoms with Crippen LogP contribution in [0.15, 0.2) is 4.42 Å². The van der Waals surface area contributed by atoms with E-state index in [0.717, 1.165) is 0 Å². The lowest BCUT2D eigenvalue weighted by molar-refractivity contribution is -0.140. The van der Waals surface area contributed by atoms with Crippen LogP contribution < -0.4 is 5.59 Å². The lowest BCUT2D eigenvalue weighted by atomic mass is 10.0. The first kappa shape index (κ1) is 9.83. The SMILES string of the molecule is [B]c1nc(C)oc1CCC(=O)OC. The van der Waals surface area contributed by atoms with Crippen LogP contribution in [-0.2, 0) is 16.0 Å². The average Bonchev–Trinajstić information content (AvgIpc) is 2.41. The van der Waals surface area contributed by atoms with Crippen LogP contribution in [0.3, 0.4) is 0 Å². The smallest absolute Gasteiger partial charge is 0.305 e. The summed E-state index contributed by atoms with van der Waals surface area (Å²) in [7, 11) is 6.86. The molecule has 0 fully saturated rings. The highest BCUT2D eigenvalue weighted by atomic mass is 16.5. The number of hydrogen-bond donors (Lipinski definition) is 0. The van der Waals surface area contributed by atoms with Crippen molar-refractivity contribution in [1.82, 2.24) is 4.98 Å². The number of nitrogens with zero attached hydrogens (tertiary/aromatic N) is 1. The number of rotatable bonds is 3. The van der Waals surface area contributed by atoms with Crippen molar-refractivity contribution in [1.29, 1.82) is 0 Å². The Kier molecular flexibility index (Phi) is 3.11. The predicted octanol–water partition coefficient (Wildman–Crippen LogP) is -0.118. The molecule has 0 atom stereocenters. The second-order valence-corrected chi connectivity index (χ2v) is 2.62. The van der Waals surface area contributed by atoms with E-state index < -0.39 is 0 Å². The molecule has 0 saturated carbocycles. The molecule has 1 aromatic heterocycles. The van der Waals surface area contributed by atoms with Crippen molar-refractivity contribution < 1.29 is 13.9 Å². The highest BCUT2D eigenvalue weighted by molar-refractivity contribution is 6.31. The lowest BCUT2D eigenvalue weighted by Gasteiger charge is -1.96. The van der Waals surface area contributed by atoms with E-state index in [0.29, 0.717) is 23.7 Å². The quantitative estimate of drug-likeness (QED) is 0.479. The van der Waals surface area contributed by atoms with Gasteiger partial charge in [-0.1, -0.05) is 0 Å². The van der Waals surface area contributed by atoms with E-state index in [1.165, 1.54) is 7.11 Å². The molecule has 0 N–H and O–H groups in total. The molecule has 13 heavy (non-hydrogen) atoms. The zero-order valence-electron chi connectivity index (χ0n) is 7.66. The van der Waals surface area contributed by atoms with E-state index in [4.69, 9.17) is 12.3 Å². The van der Waals surface area contributed by atoms with Gasteiger partial charge in [-0.15, -0.1) is 0 Å². The summed E-state index contributed by atoms with van der Waals surface area (Å²) in [5, 5.41) is 0. The molecule has 0 aliphatic heterocycles. The van der Waals surface area contributed by atoms with Gasteiger partial charge in [0.1, 0.15) is 13.6 Å². The second-order valence-electron chi connectivity index (χ2n) is 2.62. The van der Waals surface area contributed by atoms with Crippen molar-refractivity contribution in [3.63, 3.8) is 0 Å². The summed E-state index contributed by atoms with van der Waals surface area (Å²) in [6, 6.07) is 0. The molecule has 4 nitrogen and oxygen atoms in total. The highest BCUT2D eigenvalue weighted by Crippen LogP contribution is 2.02. The topological polar surface area (TPSA) is 52.3 Å². The maximum atomic E-state index is 10.8. The van der Waals surface area contributed by atoms with E-state index in [1.807, 2.05) is 0 Å². The van der Waals surface area contributed by atoms with E-state index in [2.05, 4.69) is 9.72 Å². The van der Waals surface area contributed by atoms with Crippen molar-refractivity contribution >= 4 is 19.4 Å². The van der Waals surface area contributed by atoms with Crippen molar-refractivity contribution in [3.8, 4) is 0 Å². The normalized spacial score (nSPS) is 10.0. The van der Waals surface area contributed by atoms with Gasteiger partial charge in [-0.05, 0) is 0 Å². The number of hydrogen-bond acceptors (Lipinski definition) is 4. The number of aromatic nitrogens is 1. The maximum absolute atomic E-state index is 10.8. The average molecular weight is 179 g/mol. The molecule has 0 amide bonds. The summed E-state index contributed by atoms with van der Waals surface area (Å²) in [5.74, 6) is 0.772. The number of aryl methyl sites for hydroxylation is 2. The third-order valence-electron chi connectivity index (χ3n) is 1.62. The first-order valence-electron chi connectivity index (χ1n) is 3.92. The van der Waals surface area contributed by atoms with Gasteiger partial charge < -0.3 is 9.15 Å². The standard InChI is InChI=1S/C8H10BNO3/c1-5-10-8(9)6(13-5)3-4-7(11)12-2/h3-4H2,1-2H3. The highest BCUT2D eigenvalue weighted by Gasteiger charge is 2.08. The van der Waals surface area contributed by atoms with Gasteiger partial charge in [0.2, 0.25) is 0 Å². The Balaban J connectivity index is 2.54. The minimum Gasteiger partial charge on any atom is -0.469 e. The molecule has 68 valence electrons. The first-order valence-corrected chi connectivity index (χ1v) is 3.92. The third-order valence-corrected chi connectivity index (χ3v) is 1.62. The number of oxazole rings is 1. The van der Waals surface area contributed by atoms with Crippen molar-refractivity contribution in [2.45, 2.75) is 19.8 Å². The zero-order valence-corrected chi connectivity index (χ0v) is 7.66. The van der Waals surface area contributed by atoms with Gasteiger partial charge in [0.25, 0.3) is 0 Å². The summed E-state index contributed by atoms with van der Waals surface area (Å²) >= 11 is 0. The van der Waals surface area contributed by atoms with E-state index in [9.17, 15) is 4.79 Å². The molecular weight excluding hydrogens is 169 g/mol. The fourth-order valence-electron chi connectivity index (χ4n) is 0.982. The van der Waals surface area contributed by atoms with Crippen LogP contribution in [0.2, 0.25) is 0 Å². The van der Waals surface area contributed by atoms with E-state index in [-0.39, 0.29) is 12.4 Å². The third kappa shape index (κ3) is 2.61. The fourth-order valence-corrected chi connectivity index (χ4v) is 0.982. The van der Waals surface area contributed by atoms with Crippen LogP contribution in [0, 0.1) is 6.92 Å². The van der Waals surface area contributed by atoms with Crippen LogP contribution in [0.1, 0.15) is 18.1 Å². The van der Waals surface area contributed by atoms with Crippen molar-refractivity contribution in [2.75, 3.05) is 7.11 Å². The largest absolute Gasteiger partial charge is 0.469 e. The number of esters is 1. The molecule has 0 aromatic carbocycles. The molecule has 1 heterocycles. The Morgan fingerprint density at radius 2 is 2.38 bits per heavy atom. The Hall–Kier alpha value is -1.26. The number of methoxy groups -OCH3 is 1. The number of ether oxygens (including phenoxy) is 1. The molecule has 5 heteroatoms. The lowest BCUT2D eigenvalue weighted by Crippen LogP contribution is -2.11. The Morgan fingerprint density at radius 1 is 1.69 bits per heavy atom. The summed E-state index contributed by atoms with van der Waals surface area (Å²) in [6.07, 6.45) is 0.689. The molecular formula is C8H10BNO3. The molecule has 1 rings (SSSR count). The summed E-state index contributed by atoms with van der Waals surface area (Å²) in [6.45, 7) is 1.71. The van der Waals surface area contributed by atoms with Crippen LogP contribution in [0.5, 0.6) is 0 Å². The molecule has 0 aliphatic rings. The maximum Gasteiger partial charge on any atom is 0.305 e. The first-order chi connectivity index (χ1) is 6.13. The minimum atomic E-state index is -0.284. The fraction of sp³-hybridized carbons (Fsp3) is 0.500. The zero-order chi connectivity index (χ0) is 9.84. The molecule has 0 unspecified atom stereocenters. The van der Waals surface area contributed by atoms with Gasteiger partial charge in [0, 0.05) is 18.9 Å². The van der Waals surface area contributed by atoms with Gasteiger partial charge in [-0.3, -0.25) is 4.79 Å². The molecule has 1 aromatic rings. The van der Waals surface area contributed by atoms with Gasteiger partial charge >= 0.3 is 5.97 Å². The van der Waals surface area contributed by atoms with Crippen LogP contribution in [0.25, 0.3) is 0 Å². The number of carbonyl (C=O) groups is 1. The van der Waals surface area contributed by atoms with E-state index in [1.54, 1.807) is 6.92 Å². The van der Waals surface area contributed by atoms with Gasteiger partial charge in [0.05, 0.1) is 13.5 Å². The van der Waals surface area contributed by atoms with Crippen molar-refractivity contribution in [3.05, 3.63) is 11.7 Å². The van der Waals surface area contributed by atoms with Gasteiger partial charge in [0.15, 0.2) is 5.89 Å². The molecule has 0 aliphatic carbocycles. The van der Waals surface area contributed by atoms with Crippen LogP contribution in [0.4, 0.5) is 0 Å². The summed E-state index contributed by atoms with van der Waals surface area (Å²) in [4.78, 5) is 14.7. The molecule has 0 saturated heterocycles.